The van der Waals surface area contributed by atoms with Crippen molar-refractivity contribution in [3.05, 3.63) is 35.9 Å². The molecule has 1 rings (SSSR count). The van der Waals surface area contributed by atoms with Crippen molar-refractivity contribution >= 4 is 0 Å². The summed E-state index contributed by atoms with van der Waals surface area (Å²) in [5, 5.41) is 3.12. The SMILES string of the molecule is C=C(C)CCOc1ccc(CNC)cc1OCC. The number of rotatable bonds is 8. The molecule has 0 aromatic heterocycles. The van der Waals surface area contributed by atoms with Gasteiger partial charge in [-0.05, 0) is 38.6 Å². The topological polar surface area (TPSA) is 30.5 Å². The highest BCUT2D eigenvalue weighted by Crippen LogP contribution is 2.28. The fourth-order valence-electron chi connectivity index (χ4n) is 1.59. The van der Waals surface area contributed by atoms with Gasteiger partial charge in [-0.3, -0.25) is 0 Å². The summed E-state index contributed by atoms with van der Waals surface area (Å²) < 4.78 is 11.3. The summed E-state index contributed by atoms with van der Waals surface area (Å²) in [4.78, 5) is 0. The van der Waals surface area contributed by atoms with Gasteiger partial charge in [0.05, 0.1) is 13.2 Å². The zero-order chi connectivity index (χ0) is 13.4. The fourth-order valence-corrected chi connectivity index (χ4v) is 1.59. The normalized spacial score (nSPS) is 10.2. The van der Waals surface area contributed by atoms with Crippen LogP contribution in [0.4, 0.5) is 0 Å². The smallest absolute Gasteiger partial charge is 0.161 e. The predicted molar refractivity (Wildman–Crippen MR) is 75.3 cm³/mol. The van der Waals surface area contributed by atoms with E-state index in [4.69, 9.17) is 9.47 Å². The maximum Gasteiger partial charge on any atom is 0.161 e. The van der Waals surface area contributed by atoms with Crippen LogP contribution in [0.5, 0.6) is 11.5 Å². The second kappa shape index (κ2) is 7.77. The quantitative estimate of drug-likeness (QED) is 0.718. The fraction of sp³-hybridized carbons (Fsp3) is 0.467. The van der Waals surface area contributed by atoms with E-state index in [1.165, 1.54) is 5.56 Å². The van der Waals surface area contributed by atoms with Crippen LogP contribution in [0.1, 0.15) is 25.8 Å². The average molecular weight is 249 g/mol. The number of benzene rings is 1. The van der Waals surface area contributed by atoms with Gasteiger partial charge >= 0.3 is 0 Å². The Morgan fingerprint density at radius 3 is 2.67 bits per heavy atom. The Morgan fingerprint density at radius 1 is 1.28 bits per heavy atom. The summed E-state index contributed by atoms with van der Waals surface area (Å²) in [5.41, 5.74) is 2.31. The Bertz CT molecular complexity index is 388. The van der Waals surface area contributed by atoms with Crippen LogP contribution in [-0.2, 0) is 6.54 Å². The standard InChI is InChI=1S/C15H23NO2/c1-5-17-15-10-13(11-16-4)6-7-14(15)18-9-8-12(2)3/h6-7,10,16H,2,5,8-9,11H2,1,3-4H3. The molecule has 0 saturated heterocycles. The molecule has 0 unspecified atom stereocenters. The zero-order valence-electron chi connectivity index (χ0n) is 11.6. The lowest BCUT2D eigenvalue weighted by Crippen LogP contribution is -2.06. The number of hydrogen-bond donors (Lipinski definition) is 1. The molecule has 0 radical (unpaired) electrons. The van der Waals surface area contributed by atoms with Gasteiger partial charge in [0.25, 0.3) is 0 Å². The summed E-state index contributed by atoms with van der Waals surface area (Å²) >= 11 is 0. The van der Waals surface area contributed by atoms with Gasteiger partial charge in [0.1, 0.15) is 0 Å². The van der Waals surface area contributed by atoms with Gasteiger partial charge in [-0.15, -0.1) is 6.58 Å². The zero-order valence-corrected chi connectivity index (χ0v) is 11.6. The highest BCUT2D eigenvalue weighted by molar-refractivity contribution is 5.43. The van der Waals surface area contributed by atoms with Crippen LogP contribution in [0.25, 0.3) is 0 Å². The van der Waals surface area contributed by atoms with Crippen LogP contribution >= 0.6 is 0 Å². The summed E-state index contributed by atoms with van der Waals surface area (Å²) in [5.74, 6) is 1.62. The minimum Gasteiger partial charge on any atom is -0.490 e. The van der Waals surface area contributed by atoms with Crippen molar-refractivity contribution in [3.8, 4) is 11.5 Å². The Kier molecular flexibility index (Phi) is 6.29. The third-order valence-electron chi connectivity index (χ3n) is 2.48. The molecule has 100 valence electrons. The van der Waals surface area contributed by atoms with E-state index in [0.717, 1.165) is 30.0 Å². The van der Waals surface area contributed by atoms with E-state index in [-0.39, 0.29) is 0 Å². The van der Waals surface area contributed by atoms with Gasteiger partial charge < -0.3 is 14.8 Å². The molecule has 0 saturated carbocycles. The molecule has 0 aliphatic carbocycles. The number of ether oxygens (including phenoxy) is 2. The minimum absolute atomic E-state index is 0.639. The Labute approximate surface area is 110 Å². The van der Waals surface area contributed by atoms with Crippen LogP contribution in [-0.4, -0.2) is 20.3 Å². The first-order chi connectivity index (χ1) is 8.67. The predicted octanol–water partition coefficient (Wildman–Crippen LogP) is 3.15. The van der Waals surface area contributed by atoms with Crippen LogP contribution < -0.4 is 14.8 Å². The third kappa shape index (κ3) is 4.80. The highest BCUT2D eigenvalue weighted by atomic mass is 16.5. The first-order valence-electron chi connectivity index (χ1n) is 6.34. The molecule has 0 aliphatic rings. The second-order valence-corrected chi connectivity index (χ2v) is 4.30. The van der Waals surface area contributed by atoms with Gasteiger partial charge in [-0.25, -0.2) is 0 Å². The minimum atomic E-state index is 0.639. The van der Waals surface area contributed by atoms with Crippen molar-refractivity contribution in [2.75, 3.05) is 20.3 Å². The molecule has 0 heterocycles. The summed E-state index contributed by atoms with van der Waals surface area (Å²) in [6, 6.07) is 6.04. The van der Waals surface area contributed by atoms with Gasteiger partial charge in [-0.2, -0.15) is 0 Å². The molecule has 0 spiro atoms. The Balaban J connectivity index is 2.72. The van der Waals surface area contributed by atoms with Gasteiger partial charge in [0.15, 0.2) is 11.5 Å². The first-order valence-corrected chi connectivity index (χ1v) is 6.34. The Hall–Kier alpha value is -1.48. The van der Waals surface area contributed by atoms with Crippen molar-refractivity contribution < 1.29 is 9.47 Å². The molecule has 0 amide bonds. The van der Waals surface area contributed by atoms with Crippen LogP contribution in [0, 0.1) is 0 Å². The molecule has 0 aliphatic heterocycles. The van der Waals surface area contributed by atoms with Crippen LogP contribution in [0.15, 0.2) is 30.4 Å². The largest absolute Gasteiger partial charge is 0.490 e. The maximum absolute atomic E-state index is 5.73. The summed E-state index contributed by atoms with van der Waals surface area (Å²) in [6.07, 6.45) is 0.865. The average Bonchev–Trinajstić information content (AvgIpc) is 2.32. The number of nitrogens with one attached hydrogen (secondary N) is 1. The Morgan fingerprint density at radius 2 is 2.06 bits per heavy atom. The van der Waals surface area contributed by atoms with E-state index in [1.54, 1.807) is 0 Å². The molecule has 0 bridgehead atoms. The summed E-state index contributed by atoms with van der Waals surface area (Å²) in [7, 11) is 1.93. The van der Waals surface area contributed by atoms with Gasteiger partial charge in [-0.1, -0.05) is 11.6 Å². The summed E-state index contributed by atoms with van der Waals surface area (Å²) in [6.45, 7) is 9.95. The van der Waals surface area contributed by atoms with Crippen molar-refractivity contribution in [1.29, 1.82) is 0 Å². The first kappa shape index (κ1) is 14.6. The lowest BCUT2D eigenvalue weighted by atomic mass is 10.2. The van der Waals surface area contributed by atoms with Crippen molar-refractivity contribution in [1.82, 2.24) is 5.32 Å². The molecular formula is C15H23NO2. The van der Waals surface area contributed by atoms with Crippen molar-refractivity contribution in [3.63, 3.8) is 0 Å². The van der Waals surface area contributed by atoms with Crippen LogP contribution in [0.3, 0.4) is 0 Å². The molecular weight excluding hydrogens is 226 g/mol. The molecule has 1 aromatic carbocycles. The molecule has 3 nitrogen and oxygen atoms in total. The van der Waals surface area contributed by atoms with E-state index >= 15 is 0 Å². The second-order valence-electron chi connectivity index (χ2n) is 4.30. The lowest BCUT2D eigenvalue weighted by molar-refractivity contribution is 0.279. The van der Waals surface area contributed by atoms with Gasteiger partial charge in [0, 0.05) is 13.0 Å². The van der Waals surface area contributed by atoms with E-state index in [1.807, 2.05) is 33.0 Å². The lowest BCUT2D eigenvalue weighted by Gasteiger charge is -2.13. The highest BCUT2D eigenvalue weighted by Gasteiger charge is 2.06. The molecule has 0 atom stereocenters. The number of hydrogen-bond acceptors (Lipinski definition) is 3. The van der Waals surface area contributed by atoms with E-state index in [9.17, 15) is 0 Å². The molecule has 1 N–H and O–H groups in total. The molecule has 0 fully saturated rings. The van der Waals surface area contributed by atoms with Crippen molar-refractivity contribution in [2.24, 2.45) is 0 Å². The molecule has 1 aromatic rings. The third-order valence-corrected chi connectivity index (χ3v) is 2.48. The van der Waals surface area contributed by atoms with Crippen LogP contribution in [0.2, 0.25) is 0 Å². The van der Waals surface area contributed by atoms with E-state index in [2.05, 4.69) is 18.0 Å². The van der Waals surface area contributed by atoms with E-state index in [0.29, 0.717) is 13.2 Å². The van der Waals surface area contributed by atoms with E-state index < -0.39 is 0 Å². The van der Waals surface area contributed by atoms with Gasteiger partial charge in [0.2, 0.25) is 0 Å². The monoisotopic (exact) mass is 249 g/mol. The van der Waals surface area contributed by atoms with Crippen molar-refractivity contribution in [2.45, 2.75) is 26.8 Å². The maximum atomic E-state index is 5.73. The molecule has 3 heteroatoms. The molecule has 18 heavy (non-hydrogen) atoms.